The minimum absolute atomic E-state index is 0.298. The molecule has 1 aliphatic carbocycles. The summed E-state index contributed by atoms with van der Waals surface area (Å²) in [6.07, 6.45) is 2.83. The highest BCUT2D eigenvalue weighted by Crippen LogP contribution is 2.43. The number of nitrogens with one attached hydrogen (secondary N) is 1. The molecule has 10 nitrogen and oxygen atoms in total. The van der Waals surface area contributed by atoms with Gasteiger partial charge in [-0.2, -0.15) is 15.2 Å². The molecule has 1 fully saturated rings. The number of aliphatic hydroxyl groups is 1. The molecule has 5 aromatic rings. The van der Waals surface area contributed by atoms with Gasteiger partial charge < -0.3 is 14.9 Å². The first-order chi connectivity index (χ1) is 19.0. The lowest BCUT2D eigenvalue weighted by molar-refractivity contribution is 0.0570. The first-order valence-electron chi connectivity index (χ1n) is 13.1. The van der Waals surface area contributed by atoms with Crippen molar-refractivity contribution in [3.63, 3.8) is 0 Å². The van der Waals surface area contributed by atoms with Crippen LogP contribution < -0.4 is 5.32 Å². The molecule has 0 unspecified atom stereocenters. The van der Waals surface area contributed by atoms with Gasteiger partial charge in [0.05, 0.1) is 41.0 Å². The normalized spacial score (nSPS) is 17.0. The van der Waals surface area contributed by atoms with Gasteiger partial charge in [0.2, 0.25) is 11.7 Å². The van der Waals surface area contributed by atoms with E-state index >= 15 is 0 Å². The third-order valence-corrected chi connectivity index (χ3v) is 7.19. The summed E-state index contributed by atoms with van der Waals surface area (Å²) in [6.45, 7) is 9.65. The number of pyridine rings is 1. The summed E-state index contributed by atoms with van der Waals surface area (Å²) in [7, 11) is 0. The van der Waals surface area contributed by atoms with E-state index in [9.17, 15) is 14.3 Å². The fourth-order valence-corrected chi connectivity index (χ4v) is 4.95. The van der Waals surface area contributed by atoms with Crippen molar-refractivity contribution in [1.29, 1.82) is 0 Å². The average Bonchev–Trinajstić information content (AvgIpc) is 3.23. The molecule has 0 bridgehead atoms. The van der Waals surface area contributed by atoms with Crippen LogP contribution in [0.4, 0.5) is 10.1 Å². The van der Waals surface area contributed by atoms with Crippen molar-refractivity contribution in [2.45, 2.75) is 65.3 Å². The average molecular weight is 544 g/mol. The molecule has 4 aromatic heterocycles. The predicted molar refractivity (Wildman–Crippen MR) is 147 cm³/mol. The second-order valence-electron chi connectivity index (χ2n) is 11.1. The molecule has 40 heavy (non-hydrogen) atoms. The number of carbonyl (C=O) groups excluding carboxylic acids is 1. The molecule has 6 rings (SSSR count). The standard InChI is InChI=1S/C29H30FN7O3/c1-15-6-7-19(26-33-28(40-35-26)20-12-22(20)30)10-23(15)32-27(38)21-13-31-36-9-8-18(11-24(21)36)25-16(2)34-37(17(25)3)14-29(4,5)39/h6-11,13,20,22,39H,12,14H2,1-5H3,(H,32,38)/t20-,22-/m0/s1. The molecule has 1 saturated carbocycles. The van der Waals surface area contributed by atoms with Crippen LogP contribution in [0.3, 0.4) is 0 Å². The van der Waals surface area contributed by atoms with Crippen LogP contribution in [0.25, 0.3) is 28.0 Å². The Morgan fingerprint density at radius 1 is 1.20 bits per heavy atom. The molecule has 11 heteroatoms. The molecular formula is C29H30FN7O3. The third kappa shape index (κ3) is 4.77. The second-order valence-corrected chi connectivity index (χ2v) is 11.1. The molecule has 4 heterocycles. The van der Waals surface area contributed by atoms with E-state index in [1.54, 1.807) is 30.6 Å². The predicted octanol–water partition coefficient (Wildman–Crippen LogP) is 5.02. The van der Waals surface area contributed by atoms with Gasteiger partial charge in [0.15, 0.2) is 0 Å². The summed E-state index contributed by atoms with van der Waals surface area (Å²) in [5.74, 6) is 0.00782. The minimum atomic E-state index is -0.927. The molecule has 206 valence electrons. The lowest BCUT2D eigenvalue weighted by Gasteiger charge is -2.18. The van der Waals surface area contributed by atoms with E-state index in [2.05, 4.69) is 25.7 Å². The summed E-state index contributed by atoms with van der Waals surface area (Å²) >= 11 is 0. The Balaban J connectivity index is 1.29. The Morgan fingerprint density at radius 3 is 2.70 bits per heavy atom. The highest BCUT2D eigenvalue weighted by molar-refractivity contribution is 6.09. The van der Waals surface area contributed by atoms with Crippen LogP contribution in [-0.4, -0.2) is 52.3 Å². The zero-order valence-corrected chi connectivity index (χ0v) is 22.9. The maximum Gasteiger partial charge on any atom is 0.259 e. The zero-order chi connectivity index (χ0) is 28.3. The Hall–Kier alpha value is -4.38. The van der Waals surface area contributed by atoms with Gasteiger partial charge in [-0.15, -0.1) is 0 Å². The van der Waals surface area contributed by atoms with Gasteiger partial charge in [0.25, 0.3) is 5.91 Å². The number of hydrogen-bond donors (Lipinski definition) is 2. The molecule has 1 amide bonds. The fourth-order valence-electron chi connectivity index (χ4n) is 4.95. The molecular weight excluding hydrogens is 513 g/mol. The summed E-state index contributed by atoms with van der Waals surface area (Å²) < 4.78 is 22.1. The second kappa shape index (κ2) is 9.37. The van der Waals surface area contributed by atoms with Crippen LogP contribution in [0.15, 0.2) is 47.2 Å². The number of benzene rings is 1. The summed E-state index contributed by atoms with van der Waals surface area (Å²) in [4.78, 5) is 17.8. The minimum Gasteiger partial charge on any atom is -0.389 e. The van der Waals surface area contributed by atoms with Crippen molar-refractivity contribution in [2.24, 2.45) is 0 Å². The number of hydrogen-bond acceptors (Lipinski definition) is 7. The first-order valence-corrected chi connectivity index (χ1v) is 13.1. The molecule has 0 spiro atoms. The van der Waals surface area contributed by atoms with Crippen molar-refractivity contribution < 1.29 is 18.8 Å². The maximum atomic E-state index is 13.5. The lowest BCUT2D eigenvalue weighted by atomic mass is 10.0. The van der Waals surface area contributed by atoms with Gasteiger partial charge in [-0.3, -0.25) is 9.48 Å². The van der Waals surface area contributed by atoms with E-state index in [0.29, 0.717) is 47.0 Å². The van der Waals surface area contributed by atoms with Crippen LogP contribution in [0.1, 0.15) is 59.4 Å². The van der Waals surface area contributed by atoms with E-state index in [1.165, 1.54) is 0 Å². The molecule has 0 aliphatic heterocycles. The van der Waals surface area contributed by atoms with Crippen molar-refractivity contribution in [1.82, 2.24) is 29.5 Å². The molecule has 1 aliphatic rings. The van der Waals surface area contributed by atoms with E-state index in [0.717, 1.165) is 28.1 Å². The summed E-state index contributed by atoms with van der Waals surface area (Å²) in [6, 6.07) is 9.34. The highest BCUT2D eigenvalue weighted by Gasteiger charge is 2.43. The fraction of sp³-hybridized carbons (Fsp3) is 0.345. The van der Waals surface area contributed by atoms with Crippen molar-refractivity contribution in [3.8, 4) is 22.5 Å². The van der Waals surface area contributed by atoms with Crippen LogP contribution in [0.5, 0.6) is 0 Å². The third-order valence-electron chi connectivity index (χ3n) is 7.19. The number of aryl methyl sites for hydroxylation is 2. The zero-order valence-electron chi connectivity index (χ0n) is 22.9. The van der Waals surface area contributed by atoms with Gasteiger partial charge in [-0.1, -0.05) is 17.3 Å². The Kier molecular flexibility index (Phi) is 6.06. The van der Waals surface area contributed by atoms with Crippen LogP contribution in [0, 0.1) is 20.8 Å². The number of aromatic nitrogens is 6. The topological polar surface area (TPSA) is 123 Å². The van der Waals surface area contributed by atoms with Crippen LogP contribution in [-0.2, 0) is 6.54 Å². The molecule has 1 aromatic carbocycles. The smallest absolute Gasteiger partial charge is 0.259 e. The molecule has 0 saturated heterocycles. The number of halogens is 1. The number of rotatable bonds is 7. The summed E-state index contributed by atoms with van der Waals surface area (Å²) in [5, 5.41) is 26.3. The number of amides is 1. The van der Waals surface area contributed by atoms with E-state index in [1.807, 2.05) is 55.9 Å². The van der Waals surface area contributed by atoms with Gasteiger partial charge in [-0.25, -0.2) is 8.91 Å². The number of alkyl halides is 1. The van der Waals surface area contributed by atoms with E-state index in [4.69, 9.17) is 4.52 Å². The number of carbonyl (C=O) groups is 1. The van der Waals surface area contributed by atoms with Gasteiger partial charge >= 0.3 is 0 Å². The molecule has 0 radical (unpaired) electrons. The van der Waals surface area contributed by atoms with Gasteiger partial charge in [-0.05, 0) is 70.4 Å². The largest absolute Gasteiger partial charge is 0.389 e. The highest BCUT2D eigenvalue weighted by atomic mass is 19.1. The van der Waals surface area contributed by atoms with Crippen molar-refractivity contribution in [2.75, 3.05) is 5.32 Å². The number of anilines is 1. The Labute approximate surface area is 229 Å². The SMILES string of the molecule is Cc1ccc(-c2noc([C@H]3C[C@@H]3F)n2)cc1NC(=O)c1cnn2ccc(-c3c(C)nn(CC(C)(C)O)c3C)cc12. The van der Waals surface area contributed by atoms with Gasteiger partial charge in [0, 0.05) is 28.7 Å². The first kappa shape index (κ1) is 25.9. The quantitative estimate of drug-likeness (QED) is 0.295. The monoisotopic (exact) mass is 543 g/mol. The van der Waals surface area contributed by atoms with Gasteiger partial charge in [0.1, 0.15) is 6.17 Å². The lowest BCUT2D eigenvalue weighted by Crippen LogP contribution is -2.27. The van der Waals surface area contributed by atoms with E-state index in [-0.39, 0.29) is 11.8 Å². The van der Waals surface area contributed by atoms with E-state index < -0.39 is 11.8 Å². The van der Waals surface area contributed by atoms with Crippen molar-refractivity contribution >= 4 is 17.1 Å². The molecule has 2 atom stereocenters. The Morgan fingerprint density at radius 2 is 1.98 bits per heavy atom. The number of nitrogens with zero attached hydrogens (tertiary/aromatic N) is 6. The summed E-state index contributed by atoms with van der Waals surface area (Å²) in [5.41, 5.74) is 5.87. The Bertz CT molecular complexity index is 1760. The number of fused-ring (bicyclic) bond motifs is 1. The van der Waals surface area contributed by atoms with Crippen LogP contribution in [0.2, 0.25) is 0 Å². The maximum absolute atomic E-state index is 13.5. The van der Waals surface area contributed by atoms with Crippen LogP contribution >= 0.6 is 0 Å². The van der Waals surface area contributed by atoms with Crippen molar-refractivity contribution in [3.05, 3.63) is 71.1 Å². The molecule has 2 N–H and O–H groups in total.